The molecule has 1 rings (SSSR count). The zero-order valence-electron chi connectivity index (χ0n) is 13.0. The van der Waals surface area contributed by atoms with Gasteiger partial charge in [-0.25, -0.2) is 8.42 Å². The standard InChI is InChI=1S/C15H25NO4S/c1-4-19-14-7-5-6-13(8-9-16)15(14)20-10-11-21(17,18)12(2)3/h5-7,12H,4,8-11,16H2,1-3H3. The smallest absolute Gasteiger partial charge is 0.164 e. The summed E-state index contributed by atoms with van der Waals surface area (Å²) in [5.74, 6) is 1.22. The van der Waals surface area contributed by atoms with Crippen LogP contribution in [0, 0.1) is 0 Å². The van der Waals surface area contributed by atoms with Crippen molar-refractivity contribution in [2.24, 2.45) is 5.73 Å². The Hall–Kier alpha value is -1.27. The van der Waals surface area contributed by atoms with Crippen molar-refractivity contribution in [3.8, 4) is 11.5 Å². The van der Waals surface area contributed by atoms with Crippen LogP contribution in [-0.4, -0.2) is 39.2 Å². The molecule has 1 aromatic rings. The number of rotatable bonds is 9. The summed E-state index contributed by atoms with van der Waals surface area (Å²) in [6.45, 7) is 6.36. The van der Waals surface area contributed by atoms with Crippen LogP contribution in [0.25, 0.3) is 0 Å². The van der Waals surface area contributed by atoms with E-state index >= 15 is 0 Å². The highest BCUT2D eigenvalue weighted by Crippen LogP contribution is 2.31. The third-order valence-corrected chi connectivity index (χ3v) is 5.28. The van der Waals surface area contributed by atoms with Gasteiger partial charge in [0, 0.05) is 0 Å². The zero-order chi connectivity index (χ0) is 15.9. The average molecular weight is 315 g/mol. The Morgan fingerprint density at radius 3 is 2.52 bits per heavy atom. The van der Waals surface area contributed by atoms with E-state index in [9.17, 15) is 8.42 Å². The summed E-state index contributed by atoms with van der Waals surface area (Å²) in [7, 11) is -3.11. The molecule has 0 bridgehead atoms. The van der Waals surface area contributed by atoms with Crippen molar-refractivity contribution in [2.45, 2.75) is 32.4 Å². The van der Waals surface area contributed by atoms with Gasteiger partial charge in [-0.2, -0.15) is 0 Å². The van der Waals surface area contributed by atoms with E-state index < -0.39 is 15.1 Å². The van der Waals surface area contributed by atoms with Crippen LogP contribution in [-0.2, 0) is 16.3 Å². The predicted octanol–water partition coefficient (Wildman–Crippen LogP) is 1.79. The Balaban J connectivity index is 2.85. The molecular formula is C15H25NO4S. The molecule has 0 radical (unpaired) electrons. The zero-order valence-corrected chi connectivity index (χ0v) is 13.8. The summed E-state index contributed by atoms with van der Waals surface area (Å²) in [6, 6.07) is 5.62. The van der Waals surface area contributed by atoms with Crippen LogP contribution >= 0.6 is 0 Å². The number of ether oxygens (including phenoxy) is 2. The lowest BCUT2D eigenvalue weighted by molar-refractivity contribution is 0.286. The molecule has 5 nitrogen and oxygen atoms in total. The van der Waals surface area contributed by atoms with E-state index in [4.69, 9.17) is 15.2 Å². The summed E-state index contributed by atoms with van der Waals surface area (Å²) >= 11 is 0. The lowest BCUT2D eigenvalue weighted by Crippen LogP contribution is -2.22. The van der Waals surface area contributed by atoms with Gasteiger partial charge >= 0.3 is 0 Å². The van der Waals surface area contributed by atoms with Gasteiger partial charge in [-0.15, -0.1) is 0 Å². The first-order chi connectivity index (χ1) is 9.92. The van der Waals surface area contributed by atoms with Gasteiger partial charge < -0.3 is 15.2 Å². The van der Waals surface area contributed by atoms with E-state index in [0.29, 0.717) is 31.1 Å². The van der Waals surface area contributed by atoms with E-state index in [1.54, 1.807) is 13.8 Å². The van der Waals surface area contributed by atoms with Gasteiger partial charge in [0.2, 0.25) is 0 Å². The molecule has 1 aromatic carbocycles. The summed E-state index contributed by atoms with van der Waals surface area (Å²) in [5.41, 5.74) is 6.53. The molecule has 21 heavy (non-hydrogen) atoms. The molecule has 0 spiro atoms. The molecule has 120 valence electrons. The fourth-order valence-electron chi connectivity index (χ4n) is 1.84. The van der Waals surface area contributed by atoms with E-state index in [1.807, 2.05) is 25.1 Å². The summed E-state index contributed by atoms with van der Waals surface area (Å²) in [4.78, 5) is 0. The van der Waals surface area contributed by atoms with E-state index in [2.05, 4.69) is 0 Å². The Kier molecular flexibility index (Phi) is 6.98. The molecule has 6 heteroatoms. The highest BCUT2D eigenvalue weighted by Gasteiger charge is 2.17. The van der Waals surface area contributed by atoms with Crippen molar-refractivity contribution in [3.63, 3.8) is 0 Å². The van der Waals surface area contributed by atoms with E-state index in [-0.39, 0.29) is 12.4 Å². The van der Waals surface area contributed by atoms with Gasteiger partial charge in [0.25, 0.3) is 0 Å². The Bertz CT molecular complexity index is 516. The molecule has 0 aliphatic heterocycles. The molecular weight excluding hydrogens is 290 g/mol. The number of hydrogen-bond acceptors (Lipinski definition) is 5. The molecule has 0 fully saturated rings. The van der Waals surface area contributed by atoms with Gasteiger partial charge in [0.1, 0.15) is 6.61 Å². The van der Waals surface area contributed by atoms with Crippen molar-refractivity contribution in [1.29, 1.82) is 0 Å². The third kappa shape index (κ3) is 5.21. The number of para-hydroxylation sites is 1. The molecule has 2 N–H and O–H groups in total. The minimum atomic E-state index is -3.11. The van der Waals surface area contributed by atoms with Gasteiger partial charge in [0.15, 0.2) is 21.3 Å². The van der Waals surface area contributed by atoms with Gasteiger partial charge in [-0.05, 0) is 45.4 Å². The minimum absolute atomic E-state index is 0.00676. The Morgan fingerprint density at radius 1 is 1.24 bits per heavy atom. The summed E-state index contributed by atoms with van der Waals surface area (Å²) in [6.07, 6.45) is 0.660. The van der Waals surface area contributed by atoms with Crippen LogP contribution < -0.4 is 15.2 Å². The van der Waals surface area contributed by atoms with Crippen LogP contribution in [0.15, 0.2) is 18.2 Å². The third-order valence-electron chi connectivity index (χ3n) is 3.11. The lowest BCUT2D eigenvalue weighted by atomic mass is 10.1. The van der Waals surface area contributed by atoms with Crippen molar-refractivity contribution >= 4 is 9.84 Å². The molecule has 0 unspecified atom stereocenters. The van der Waals surface area contributed by atoms with Crippen LogP contribution in [0.1, 0.15) is 26.3 Å². The van der Waals surface area contributed by atoms with Crippen LogP contribution in [0.2, 0.25) is 0 Å². The molecule has 0 amide bonds. The number of hydrogen-bond donors (Lipinski definition) is 1. The van der Waals surface area contributed by atoms with Crippen LogP contribution in [0.5, 0.6) is 11.5 Å². The highest BCUT2D eigenvalue weighted by atomic mass is 32.2. The maximum Gasteiger partial charge on any atom is 0.164 e. The molecule has 0 saturated heterocycles. The molecule has 0 aliphatic rings. The van der Waals surface area contributed by atoms with Crippen molar-refractivity contribution in [3.05, 3.63) is 23.8 Å². The molecule has 0 atom stereocenters. The normalized spacial score (nSPS) is 11.7. The number of nitrogens with two attached hydrogens (primary N) is 1. The maximum absolute atomic E-state index is 11.8. The topological polar surface area (TPSA) is 78.6 Å². The van der Waals surface area contributed by atoms with Gasteiger partial charge in [0.05, 0.1) is 17.6 Å². The SMILES string of the molecule is CCOc1cccc(CCN)c1OCCS(=O)(=O)C(C)C. The second-order valence-corrected chi connectivity index (χ2v) is 7.66. The number of sulfone groups is 1. The van der Waals surface area contributed by atoms with Crippen LogP contribution in [0.4, 0.5) is 0 Å². The van der Waals surface area contributed by atoms with Crippen molar-refractivity contribution in [2.75, 3.05) is 25.5 Å². The summed E-state index contributed by atoms with van der Waals surface area (Å²) in [5, 5.41) is -0.397. The van der Waals surface area contributed by atoms with E-state index in [1.165, 1.54) is 0 Å². The predicted molar refractivity (Wildman–Crippen MR) is 84.8 cm³/mol. The highest BCUT2D eigenvalue weighted by molar-refractivity contribution is 7.91. The molecule has 0 aromatic heterocycles. The van der Waals surface area contributed by atoms with Crippen molar-refractivity contribution in [1.82, 2.24) is 0 Å². The van der Waals surface area contributed by atoms with Gasteiger partial charge in [-0.1, -0.05) is 12.1 Å². The van der Waals surface area contributed by atoms with Crippen molar-refractivity contribution < 1.29 is 17.9 Å². The first-order valence-corrected chi connectivity index (χ1v) is 8.93. The average Bonchev–Trinajstić information content (AvgIpc) is 2.42. The monoisotopic (exact) mass is 315 g/mol. The minimum Gasteiger partial charge on any atom is -0.490 e. The molecule has 0 saturated carbocycles. The second-order valence-electron chi connectivity index (χ2n) is 4.98. The first-order valence-electron chi connectivity index (χ1n) is 7.21. The largest absolute Gasteiger partial charge is 0.490 e. The maximum atomic E-state index is 11.8. The molecule has 0 heterocycles. The fourth-order valence-corrected chi connectivity index (χ4v) is 2.63. The molecule has 0 aliphatic carbocycles. The Labute approximate surface area is 127 Å². The number of benzene rings is 1. The quantitative estimate of drug-likeness (QED) is 0.751. The Morgan fingerprint density at radius 2 is 1.95 bits per heavy atom. The summed E-state index contributed by atoms with van der Waals surface area (Å²) < 4.78 is 34.9. The first kappa shape index (κ1) is 17.8. The second kappa shape index (κ2) is 8.24. The lowest BCUT2D eigenvalue weighted by Gasteiger charge is -2.16. The fraction of sp³-hybridized carbons (Fsp3) is 0.600. The van der Waals surface area contributed by atoms with Crippen LogP contribution in [0.3, 0.4) is 0 Å². The van der Waals surface area contributed by atoms with Gasteiger partial charge in [-0.3, -0.25) is 0 Å². The van der Waals surface area contributed by atoms with E-state index in [0.717, 1.165) is 5.56 Å².